The molecule has 3 heterocycles. The van der Waals surface area contributed by atoms with Crippen LogP contribution in [0, 0.1) is 0 Å². The first-order valence-corrected chi connectivity index (χ1v) is 8.36. The second-order valence-electron chi connectivity index (χ2n) is 6.23. The fourth-order valence-electron chi connectivity index (χ4n) is 3.34. The van der Waals surface area contributed by atoms with Gasteiger partial charge in [-0.05, 0) is 44.7 Å². The van der Waals surface area contributed by atoms with Gasteiger partial charge in [-0.3, -0.25) is 4.79 Å². The topological polar surface area (TPSA) is 70.2 Å². The zero-order valence-corrected chi connectivity index (χ0v) is 15.5. The van der Waals surface area contributed by atoms with Crippen molar-refractivity contribution in [1.82, 2.24) is 20.6 Å². The van der Waals surface area contributed by atoms with Crippen LogP contribution in [-0.2, 0) is 4.79 Å². The number of hydrogen-bond donors (Lipinski definition) is 2. The molecular formula is C16H27Cl2N5O. The van der Waals surface area contributed by atoms with Crippen LogP contribution in [0.4, 0.5) is 5.95 Å². The van der Waals surface area contributed by atoms with Gasteiger partial charge in [0.2, 0.25) is 11.9 Å². The standard InChI is InChI=1S/C16H25N5O.2ClH/c22-15(7-6-13-4-1-8-17-13)20-14-5-2-11-21(12-14)16-18-9-3-10-19-16;;/h3,9-10,13-14,17H,1-2,4-8,11-12H2,(H,20,22);2*1H. The smallest absolute Gasteiger partial charge is 0.225 e. The number of hydrogen-bond acceptors (Lipinski definition) is 5. The molecule has 2 saturated heterocycles. The van der Waals surface area contributed by atoms with Gasteiger partial charge in [0.1, 0.15) is 0 Å². The van der Waals surface area contributed by atoms with E-state index in [9.17, 15) is 4.79 Å². The number of nitrogens with zero attached hydrogens (tertiary/aromatic N) is 3. The summed E-state index contributed by atoms with van der Waals surface area (Å²) in [7, 11) is 0. The van der Waals surface area contributed by atoms with Crippen molar-refractivity contribution in [2.45, 2.75) is 50.6 Å². The second-order valence-corrected chi connectivity index (χ2v) is 6.23. The van der Waals surface area contributed by atoms with E-state index in [-0.39, 0.29) is 36.8 Å². The van der Waals surface area contributed by atoms with Crippen molar-refractivity contribution in [1.29, 1.82) is 0 Å². The van der Waals surface area contributed by atoms with Crippen molar-refractivity contribution in [2.75, 3.05) is 24.5 Å². The highest BCUT2D eigenvalue weighted by atomic mass is 35.5. The highest BCUT2D eigenvalue weighted by Gasteiger charge is 2.23. The molecule has 24 heavy (non-hydrogen) atoms. The van der Waals surface area contributed by atoms with E-state index < -0.39 is 0 Å². The Hall–Kier alpha value is -1.11. The number of halogens is 2. The summed E-state index contributed by atoms with van der Waals surface area (Å²) in [4.78, 5) is 22.9. The third kappa shape index (κ3) is 6.07. The number of anilines is 1. The number of carbonyl (C=O) groups excluding carboxylic acids is 1. The molecule has 0 saturated carbocycles. The summed E-state index contributed by atoms with van der Waals surface area (Å²) in [5.41, 5.74) is 0. The molecule has 136 valence electrons. The van der Waals surface area contributed by atoms with Gasteiger partial charge in [0.05, 0.1) is 0 Å². The summed E-state index contributed by atoms with van der Waals surface area (Å²) in [6.07, 6.45) is 9.64. The van der Waals surface area contributed by atoms with Crippen LogP contribution >= 0.6 is 24.8 Å². The van der Waals surface area contributed by atoms with E-state index in [1.54, 1.807) is 12.4 Å². The zero-order chi connectivity index (χ0) is 15.2. The van der Waals surface area contributed by atoms with Crippen LogP contribution in [0.3, 0.4) is 0 Å². The van der Waals surface area contributed by atoms with Crippen molar-refractivity contribution >= 4 is 36.7 Å². The van der Waals surface area contributed by atoms with Crippen LogP contribution < -0.4 is 15.5 Å². The summed E-state index contributed by atoms with van der Waals surface area (Å²) in [5.74, 6) is 0.936. The summed E-state index contributed by atoms with van der Waals surface area (Å²) >= 11 is 0. The molecule has 1 aromatic heterocycles. The number of piperidine rings is 1. The van der Waals surface area contributed by atoms with E-state index in [0.717, 1.165) is 44.8 Å². The molecule has 0 radical (unpaired) electrons. The molecule has 3 rings (SSSR count). The van der Waals surface area contributed by atoms with Crippen LogP contribution in [0.15, 0.2) is 18.5 Å². The van der Waals surface area contributed by atoms with E-state index in [2.05, 4.69) is 25.5 Å². The lowest BCUT2D eigenvalue weighted by Crippen LogP contribution is -2.48. The highest BCUT2D eigenvalue weighted by Crippen LogP contribution is 2.16. The maximum atomic E-state index is 12.1. The Morgan fingerprint density at radius 3 is 2.75 bits per heavy atom. The summed E-state index contributed by atoms with van der Waals surface area (Å²) in [6, 6.07) is 2.57. The van der Waals surface area contributed by atoms with Crippen molar-refractivity contribution in [3.8, 4) is 0 Å². The lowest BCUT2D eigenvalue weighted by atomic mass is 10.0. The van der Waals surface area contributed by atoms with E-state index in [4.69, 9.17) is 0 Å². The number of amides is 1. The first-order valence-electron chi connectivity index (χ1n) is 8.36. The van der Waals surface area contributed by atoms with E-state index in [1.807, 2.05) is 6.07 Å². The van der Waals surface area contributed by atoms with Crippen LogP contribution in [0.5, 0.6) is 0 Å². The summed E-state index contributed by atoms with van der Waals surface area (Å²) < 4.78 is 0. The molecule has 2 aliphatic rings. The number of aromatic nitrogens is 2. The monoisotopic (exact) mass is 375 g/mol. The summed E-state index contributed by atoms with van der Waals surface area (Å²) in [5, 5.41) is 6.62. The van der Waals surface area contributed by atoms with Crippen molar-refractivity contribution in [3.05, 3.63) is 18.5 Å². The maximum Gasteiger partial charge on any atom is 0.225 e. The second kappa shape index (κ2) is 10.7. The predicted molar refractivity (Wildman–Crippen MR) is 100 cm³/mol. The van der Waals surface area contributed by atoms with Crippen LogP contribution in [-0.4, -0.2) is 47.6 Å². The molecule has 2 fully saturated rings. The third-order valence-corrected chi connectivity index (χ3v) is 4.50. The average Bonchev–Trinajstić information content (AvgIpc) is 3.08. The van der Waals surface area contributed by atoms with Gasteiger partial charge in [-0.1, -0.05) is 0 Å². The van der Waals surface area contributed by atoms with Crippen molar-refractivity contribution < 1.29 is 4.79 Å². The minimum absolute atomic E-state index is 0. The van der Waals surface area contributed by atoms with Gasteiger partial charge < -0.3 is 15.5 Å². The molecule has 2 unspecified atom stereocenters. The Morgan fingerprint density at radius 2 is 2.04 bits per heavy atom. The van der Waals surface area contributed by atoms with Crippen LogP contribution in [0.1, 0.15) is 38.5 Å². The molecule has 1 amide bonds. The molecular weight excluding hydrogens is 349 g/mol. The van der Waals surface area contributed by atoms with Gasteiger partial charge in [-0.2, -0.15) is 0 Å². The Morgan fingerprint density at radius 1 is 1.25 bits per heavy atom. The predicted octanol–water partition coefficient (Wildman–Crippen LogP) is 1.94. The van der Waals surface area contributed by atoms with Crippen molar-refractivity contribution in [2.24, 2.45) is 0 Å². The van der Waals surface area contributed by atoms with Crippen LogP contribution in [0.25, 0.3) is 0 Å². The molecule has 8 heteroatoms. The fraction of sp³-hybridized carbons (Fsp3) is 0.688. The lowest BCUT2D eigenvalue weighted by molar-refractivity contribution is -0.122. The molecule has 6 nitrogen and oxygen atoms in total. The average molecular weight is 376 g/mol. The van der Waals surface area contributed by atoms with Gasteiger partial charge in [0.25, 0.3) is 0 Å². The quantitative estimate of drug-likeness (QED) is 0.822. The molecule has 2 atom stereocenters. The molecule has 0 spiro atoms. The minimum atomic E-state index is 0. The molecule has 0 aromatic carbocycles. The lowest BCUT2D eigenvalue weighted by Gasteiger charge is -2.33. The number of rotatable bonds is 5. The van der Waals surface area contributed by atoms with Gasteiger partial charge in [-0.15, -0.1) is 24.8 Å². The minimum Gasteiger partial charge on any atom is -0.352 e. The maximum absolute atomic E-state index is 12.1. The Bertz CT molecular complexity index is 485. The molecule has 1 aromatic rings. The summed E-state index contributed by atoms with van der Waals surface area (Å²) in [6.45, 7) is 2.86. The first kappa shape index (κ1) is 20.9. The first-order chi connectivity index (χ1) is 10.8. The van der Waals surface area contributed by atoms with E-state index >= 15 is 0 Å². The van der Waals surface area contributed by atoms with Gasteiger partial charge in [-0.25, -0.2) is 9.97 Å². The molecule has 0 aliphatic carbocycles. The molecule has 2 N–H and O–H groups in total. The Kier molecular flexibility index (Phi) is 9.33. The molecule has 0 bridgehead atoms. The largest absolute Gasteiger partial charge is 0.352 e. The highest BCUT2D eigenvalue weighted by molar-refractivity contribution is 5.85. The third-order valence-electron chi connectivity index (χ3n) is 4.50. The Balaban J connectivity index is 0.00000144. The van der Waals surface area contributed by atoms with E-state index in [1.165, 1.54) is 12.8 Å². The fourth-order valence-corrected chi connectivity index (χ4v) is 3.34. The number of carbonyl (C=O) groups is 1. The normalized spacial score (nSPS) is 23.1. The van der Waals surface area contributed by atoms with Crippen LogP contribution in [0.2, 0.25) is 0 Å². The van der Waals surface area contributed by atoms with Crippen molar-refractivity contribution in [3.63, 3.8) is 0 Å². The SMILES string of the molecule is Cl.Cl.O=C(CCC1CCCN1)NC1CCCN(c2ncccn2)C1. The van der Waals surface area contributed by atoms with Gasteiger partial charge in [0, 0.05) is 44.0 Å². The Labute approximate surface area is 156 Å². The van der Waals surface area contributed by atoms with E-state index in [0.29, 0.717) is 12.5 Å². The zero-order valence-electron chi connectivity index (χ0n) is 13.8. The van der Waals surface area contributed by atoms with Gasteiger partial charge in [0.15, 0.2) is 0 Å². The number of nitrogens with one attached hydrogen (secondary N) is 2. The van der Waals surface area contributed by atoms with Gasteiger partial charge >= 0.3 is 0 Å². The molecule has 2 aliphatic heterocycles.